The molecule has 1 atom stereocenters. The number of carbonyl (C=O) groups is 1. The first-order chi connectivity index (χ1) is 6.68. The lowest BCUT2D eigenvalue weighted by atomic mass is 10.1. The van der Waals surface area contributed by atoms with Gasteiger partial charge in [0.1, 0.15) is 0 Å². The molecule has 0 saturated carbocycles. The topological polar surface area (TPSA) is 62.4 Å². The fourth-order valence-corrected chi connectivity index (χ4v) is 1.35. The van der Waals surface area contributed by atoms with Gasteiger partial charge in [-0.05, 0) is 33.2 Å². The molecule has 0 radical (unpaired) electrons. The van der Waals surface area contributed by atoms with Crippen LogP contribution in [0.15, 0.2) is 0 Å². The Labute approximate surface area is 84.5 Å². The fraction of sp³-hybridized carbons (Fsp3) is 0.889. The molecule has 1 aliphatic rings. The summed E-state index contributed by atoms with van der Waals surface area (Å²) in [6.45, 7) is 5.66. The zero-order chi connectivity index (χ0) is 10.4. The number of rotatable bonds is 3. The minimum absolute atomic E-state index is 0.0988. The van der Waals surface area contributed by atoms with Crippen LogP contribution in [-0.2, 0) is 4.84 Å². The maximum Gasteiger partial charge on any atom is 0.338 e. The Hall–Kier alpha value is -0.810. The largest absolute Gasteiger partial charge is 0.338 e. The second-order valence-corrected chi connectivity index (χ2v) is 3.82. The van der Waals surface area contributed by atoms with Crippen molar-refractivity contribution in [2.45, 2.75) is 38.8 Å². The van der Waals surface area contributed by atoms with E-state index in [0.29, 0.717) is 0 Å². The molecule has 1 rings (SSSR count). The van der Waals surface area contributed by atoms with Crippen LogP contribution in [0.5, 0.6) is 0 Å². The lowest BCUT2D eigenvalue weighted by Gasteiger charge is -2.22. The third-order valence-corrected chi connectivity index (χ3v) is 1.99. The third kappa shape index (κ3) is 4.43. The van der Waals surface area contributed by atoms with Gasteiger partial charge >= 0.3 is 6.03 Å². The van der Waals surface area contributed by atoms with E-state index < -0.39 is 0 Å². The van der Waals surface area contributed by atoms with Gasteiger partial charge in [0.2, 0.25) is 0 Å². The van der Waals surface area contributed by atoms with Crippen LogP contribution in [0.4, 0.5) is 4.79 Å². The molecular weight excluding hydrogens is 182 g/mol. The van der Waals surface area contributed by atoms with Crippen LogP contribution in [0.3, 0.4) is 0 Å². The molecule has 1 saturated heterocycles. The van der Waals surface area contributed by atoms with Crippen molar-refractivity contribution in [1.82, 2.24) is 16.1 Å². The van der Waals surface area contributed by atoms with Crippen molar-refractivity contribution >= 4 is 6.03 Å². The molecule has 5 nitrogen and oxygen atoms in total. The Morgan fingerprint density at radius 3 is 2.93 bits per heavy atom. The molecule has 1 heterocycles. The summed E-state index contributed by atoms with van der Waals surface area (Å²) in [4.78, 5) is 16.3. The molecule has 0 aromatic rings. The van der Waals surface area contributed by atoms with E-state index in [1.165, 1.54) is 0 Å². The van der Waals surface area contributed by atoms with Crippen LogP contribution in [0.25, 0.3) is 0 Å². The van der Waals surface area contributed by atoms with Crippen LogP contribution in [-0.4, -0.2) is 31.3 Å². The van der Waals surface area contributed by atoms with E-state index >= 15 is 0 Å². The number of hydroxylamine groups is 1. The summed E-state index contributed by atoms with van der Waals surface area (Å²) in [5.74, 6) is 0. The Morgan fingerprint density at radius 1 is 1.57 bits per heavy atom. The second kappa shape index (κ2) is 5.82. The van der Waals surface area contributed by atoms with E-state index in [-0.39, 0.29) is 18.2 Å². The predicted octanol–water partition coefficient (Wildman–Crippen LogP) is 0.378. The van der Waals surface area contributed by atoms with Crippen LogP contribution in [0.1, 0.15) is 26.7 Å². The van der Waals surface area contributed by atoms with E-state index in [2.05, 4.69) is 16.1 Å². The van der Waals surface area contributed by atoms with Gasteiger partial charge in [0.15, 0.2) is 0 Å². The molecule has 3 N–H and O–H groups in total. The van der Waals surface area contributed by atoms with Gasteiger partial charge in [-0.15, -0.1) is 0 Å². The first-order valence-electron chi connectivity index (χ1n) is 5.11. The van der Waals surface area contributed by atoms with Gasteiger partial charge in [0.25, 0.3) is 0 Å². The van der Waals surface area contributed by atoms with Crippen molar-refractivity contribution in [2.24, 2.45) is 0 Å². The van der Waals surface area contributed by atoms with Gasteiger partial charge in [-0.1, -0.05) is 0 Å². The lowest BCUT2D eigenvalue weighted by Crippen LogP contribution is -2.44. The van der Waals surface area contributed by atoms with E-state index in [0.717, 1.165) is 25.9 Å². The first kappa shape index (κ1) is 11.3. The van der Waals surface area contributed by atoms with Crippen molar-refractivity contribution in [1.29, 1.82) is 0 Å². The number of nitrogens with one attached hydrogen (secondary N) is 3. The standard InChI is InChI=1S/C9H19N3O2/c1-7(2)11-9(13)12-14-8-4-3-5-10-6-8/h7-8,10H,3-6H2,1-2H3,(H2,11,12,13). The number of amides is 2. The first-order valence-corrected chi connectivity index (χ1v) is 5.11. The highest BCUT2D eigenvalue weighted by Gasteiger charge is 2.14. The normalized spacial score (nSPS) is 22.1. The van der Waals surface area contributed by atoms with E-state index in [1.54, 1.807) is 0 Å². The van der Waals surface area contributed by atoms with Crippen molar-refractivity contribution < 1.29 is 9.63 Å². The van der Waals surface area contributed by atoms with Gasteiger partial charge in [-0.3, -0.25) is 4.84 Å². The average Bonchev–Trinajstić information content (AvgIpc) is 2.15. The zero-order valence-electron chi connectivity index (χ0n) is 8.80. The monoisotopic (exact) mass is 201 g/mol. The molecule has 5 heteroatoms. The maximum absolute atomic E-state index is 11.1. The summed E-state index contributed by atoms with van der Waals surface area (Å²) in [5, 5.41) is 5.89. The van der Waals surface area contributed by atoms with E-state index in [9.17, 15) is 4.79 Å². The molecule has 1 unspecified atom stereocenters. The Balaban J connectivity index is 2.09. The van der Waals surface area contributed by atoms with Crippen molar-refractivity contribution in [3.05, 3.63) is 0 Å². The van der Waals surface area contributed by atoms with Crippen LogP contribution in [0, 0.1) is 0 Å². The highest BCUT2D eigenvalue weighted by Crippen LogP contribution is 2.03. The molecular formula is C9H19N3O2. The molecule has 0 aromatic heterocycles. The second-order valence-electron chi connectivity index (χ2n) is 3.82. The van der Waals surface area contributed by atoms with Crippen LogP contribution in [0.2, 0.25) is 0 Å². The molecule has 1 aliphatic heterocycles. The average molecular weight is 201 g/mol. The molecule has 0 spiro atoms. The highest BCUT2D eigenvalue weighted by atomic mass is 16.7. The summed E-state index contributed by atoms with van der Waals surface area (Å²) >= 11 is 0. The fourth-order valence-electron chi connectivity index (χ4n) is 1.35. The molecule has 2 amide bonds. The van der Waals surface area contributed by atoms with Crippen LogP contribution < -0.4 is 16.1 Å². The third-order valence-electron chi connectivity index (χ3n) is 1.99. The minimum atomic E-state index is -0.273. The smallest absolute Gasteiger partial charge is 0.334 e. The number of urea groups is 1. The van der Waals surface area contributed by atoms with Gasteiger partial charge in [-0.2, -0.15) is 0 Å². The summed E-state index contributed by atoms with van der Waals surface area (Å²) in [7, 11) is 0. The zero-order valence-corrected chi connectivity index (χ0v) is 8.80. The summed E-state index contributed by atoms with van der Waals surface area (Å²) in [6.07, 6.45) is 2.19. The Morgan fingerprint density at radius 2 is 2.36 bits per heavy atom. The van der Waals surface area contributed by atoms with E-state index in [4.69, 9.17) is 4.84 Å². The Bertz CT molecular complexity index is 179. The quantitative estimate of drug-likeness (QED) is 0.578. The van der Waals surface area contributed by atoms with Crippen molar-refractivity contribution in [3.63, 3.8) is 0 Å². The lowest BCUT2D eigenvalue weighted by molar-refractivity contribution is -0.0156. The summed E-state index contributed by atoms with van der Waals surface area (Å²) in [5.41, 5.74) is 2.39. The minimum Gasteiger partial charge on any atom is -0.334 e. The molecule has 0 aliphatic carbocycles. The van der Waals surface area contributed by atoms with Gasteiger partial charge in [-0.25, -0.2) is 10.3 Å². The summed E-state index contributed by atoms with van der Waals surface area (Å²) < 4.78 is 0. The number of carbonyl (C=O) groups excluding carboxylic acids is 1. The molecule has 14 heavy (non-hydrogen) atoms. The van der Waals surface area contributed by atoms with Crippen molar-refractivity contribution in [2.75, 3.05) is 13.1 Å². The maximum atomic E-state index is 11.1. The van der Waals surface area contributed by atoms with Crippen molar-refractivity contribution in [3.8, 4) is 0 Å². The summed E-state index contributed by atoms with van der Waals surface area (Å²) in [6, 6.07) is -0.145. The SMILES string of the molecule is CC(C)NC(=O)NOC1CCCNC1. The number of piperidine rings is 1. The highest BCUT2D eigenvalue weighted by molar-refractivity contribution is 5.72. The van der Waals surface area contributed by atoms with Gasteiger partial charge < -0.3 is 10.6 Å². The Kier molecular flexibility index (Phi) is 4.69. The van der Waals surface area contributed by atoms with Gasteiger partial charge in [0, 0.05) is 12.6 Å². The molecule has 1 fully saturated rings. The molecule has 82 valence electrons. The van der Waals surface area contributed by atoms with Gasteiger partial charge in [0.05, 0.1) is 6.10 Å². The van der Waals surface area contributed by atoms with E-state index in [1.807, 2.05) is 13.8 Å². The molecule has 0 aromatic carbocycles. The number of hydrogen-bond acceptors (Lipinski definition) is 3. The van der Waals surface area contributed by atoms with Crippen LogP contribution >= 0.6 is 0 Å². The predicted molar refractivity (Wildman–Crippen MR) is 53.8 cm³/mol. The molecule has 0 bridgehead atoms. The number of hydrogen-bond donors (Lipinski definition) is 3.